The third-order valence-electron chi connectivity index (χ3n) is 3.45. The fraction of sp³-hybridized carbons (Fsp3) is 1.00. The summed E-state index contributed by atoms with van der Waals surface area (Å²) in [5.74, 6) is 0. The summed E-state index contributed by atoms with van der Waals surface area (Å²) in [6, 6.07) is 0.476. The van der Waals surface area contributed by atoms with E-state index in [0.29, 0.717) is 25.4 Å². The van der Waals surface area contributed by atoms with Gasteiger partial charge in [0.15, 0.2) is 0 Å². The Labute approximate surface area is 118 Å². The Morgan fingerprint density at radius 1 is 0.952 bits per heavy atom. The van der Waals surface area contributed by atoms with Gasteiger partial charge in [0, 0.05) is 12.6 Å². The standard InChI is InChI=1S/C12H17F6NO2/c13-11(14,15)10(12(16,17)18)20-6-9-4-3-8(21-9)5-19-7-1-2-7/h7-10,19H,1-6H2. The number of ether oxygens (including phenoxy) is 2. The van der Waals surface area contributed by atoms with E-state index in [0.717, 1.165) is 12.8 Å². The van der Waals surface area contributed by atoms with Crippen LogP contribution in [-0.2, 0) is 9.47 Å². The zero-order chi connectivity index (χ0) is 15.7. The molecule has 0 radical (unpaired) electrons. The lowest BCUT2D eigenvalue weighted by molar-refractivity contribution is -0.324. The quantitative estimate of drug-likeness (QED) is 0.763. The zero-order valence-corrected chi connectivity index (χ0v) is 11.1. The Kier molecular flexibility index (Phi) is 5.04. The average molecular weight is 321 g/mol. The molecule has 1 saturated carbocycles. The fourth-order valence-corrected chi connectivity index (χ4v) is 2.22. The summed E-state index contributed by atoms with van der Waals surface area (Å²) in [5.41, 5.74) is 0. The summed E-state index contributed by atoms with van der Waals surface area (Å²) in [4.78, 5) is 0. The number of nitrogens with one attached hydrogen (secondary N) is 1. The lowest BCUT2D eigenvalue weighted by Gasteiger charge is -2.24. The number of hydrogen-bond donors (Lipinski definition) is 1. The van der Waals surface area contributed by atoms with Crippen LogP contribution in [0.25, 0.3) is 0 Å². The van der Waals surface area contributed by atoms with Gasteiger partial charge in [0.1, 0.15) is 0 Å². The van der Waals surface area contributed by atoms with Crippen molar-refractivity contribution in [2.75, 3.05) is 13.2 Å². The first kappa shape index (κ1) is 16.8. The van der Waals surface area contributed by atoms with Crippen LogP contribution in [0.1, 0.15) is 25.7 Å². The van der Waals surface area contributed by atoms with Gasteiger partial charge in [0.05, 0.1) is 18.8 Å². The molecule has 0 spiro atoms. The van der Waals surface area contributed by atoms with Crippen molar-refractivity contribution in [1.82, 2.24) is 5.32 Å². The summed E-state index contributed by atoms with van der Waals surface area (Å²) in [6.45, 7) is -0.132. The van der Waals surface area contributed by atoms with Crippen molar-refractivity contribution in [2.45, 2.75) is 62.4 Å². The van der Waals surface area contributed by atoms with Crippen LogP contribution in [-0.4, -0.2) is 49.9 Å². The van der Waals surface area contributed by atoms with Crippen LogP contribution in [0.15, 0.2) is 0 Å². The molecule has 1 aliphatic heterocycles. The predicted octanol–water partition coefficient (Wildman–Crippen LogP) is 2.80. The highest BCUT2D eigenvalue weighted by molar-refractivity contribution is 4.84. The van der Waals surface area contributed by atoms with Crippen molar-refractivity contribution in [2.24, 2.45) is 0 Å². The van der Waals surface area contributed by atoms with E-state index >= 15 is 0 Å². The summed E-state index contributed by atoms with van der Waals surface area (Å²) in [5, 5.41) is 3.21. The molecule has 1 heterocycles. The molecule has 21 heavy (non-hydrogen) atoms. The molecule has 0 amide bonds. The van der Waals surface area contributed by atoms with E-state index in [1.807, 2.05) is 0 Å². The van der Waals surface area contributed by atoms with Crippen LogP contribution >= 0.6 is 0 Å². The van der Waals surface area contributed by atoms with Gasteiger partial charge >= 0.3 is 12.4 Å². The second-order valence-corrected chi connectivity index (χ2v) is 5.44. The molecule has 1 N–H and O–H groups in total. The highest BCUT2D eigenvalue weighted by atomic mass is 19.4. The van der Waals surface area contributed by atoms with Gasteiger partial charge in [0.25, 0.3) is 0 Å². The maximum Gasteiger partial charge on any atom is 0.423 e. The fourth-order valence-electron chi connectivity index (χ4n) is 2.22. The Hall–Kier alpha value is -0.540. The van der Waals surface area contributed by atoms with E-state index in [2.05, 4.69) is 10.1 Å². The van der Waals surface area contributed by atoms with Crippen molar-refractivity contribution >= 4 is 0 Å². The number of rotatable bonds is 6. The van der Waals surface area contributed by atoms with E-state index in [4.69, 9.17) is 4.74 Å². The van der Waals surface area contributed by atoms with Gasteiger partial charge < -0.3 is 14.8 Å². The Balaban J connectivity index is 1.73. The lowest BCUT2D eigenvalue weighted by Crippen LogP contribution is -2.45. The summed E-state index contributed by atoms with van der Waals surface area (Å²) in [7, 11) is 0. The molecular weight excluding hydrogens is 304 g/mol. The zero-order valence-electron chi connectivity index (χ0n) is 11.1. The van der Waals surface area contributed by atoms with Gasteiger partial charge in [-0.05, 0) is 25.7 Å². The molecule has 2 rings (SSSR count). The highest BCUT2D eigenvalue weighted by Crippen LogP contribution is 2.36. The Morgan fingerprint density at radius 2 is 1.52 bits per heavy atom. The Morgan fingerprint density at radius 3 is 2.05 bits per heavy atom. The van der Waals surface area contributed by atoms with Gasteiger partial charge in [-0.3, -0.25) is 0 Å². The largest absolute Gasteiger partial charge is 0.423 e. The summed E-state index contributed by atoms with van der Waals surface area (Å²) < 4.78 is 83.2. The van der Waals surface area contributed by atoms with E-state index in [1.54, 1.807) is 0 Å². The molecule has 1 saturated heterocycles. The first-order valence-electron chi connectivity index (χ1n) is 6.80. The molecule has 9 heteroatoms. The van der Waals surface area contributed by atoms with E-state index in [-0.39, 0.29) is 6.10 Å². The average Bonchev–Trinajstić information content (AvgIpc) is 3.03. The first-order valence-corrected chi connectivity index (χ1v) is 6.80. The molecule has 2 fully saturated rings. The predicted molar refractivity (Wildman–Crippen MR) is 60.8 cm³/mol. The molecule has 124 valence electrons. The van der Waals surface area contributed by atoms with Crippen LogP contribution in [0.4, 0.5) is 26.3 Å². The normalized spacial score (nSPS) is 27.6. The summed E-state index contributed by atoms with van der Waals surface area (Å²) >= 11 is 0. The minimum absolute atomic E-state index is 0.172. The number of alkyl halides is 6. The molecule has 3 nitrogen and oxygen atoms in total. The van der Waals surface area contributed by atoms with Crippen LogP contribution in [0.3, 0.4) is 0 Å². The third-order valence-corrected chi connectivity index (χ3v) is 3.45. The van der Waals surface area contributed by atoms with Crippen molar-refractivity contribution in [1.29, 1.82) is 0 Å². The van der Waals surface area contributed by atoms with Gasteiger partial charge in [-0.25, -0.2) is 0 Å². The van der Waals surface area contributed by atoms with Crippen LogP contribution in [0.2, 0.25) is 0 Å². The van der Waals surface area contributed by atoms with Crippen molar-refractivity contribution in [3.05, 3.63) is 0 Å². The van der Waals surface area contributed by atoms with Crippen molar-refractivity contribution < 1.29 is 35.8 Å². The monoisotopic (exact) mass is 321 g/mol. The maximum absolute atomic E-state index is 12.3. The smallest absolute Gasteiger partial charge is 0.371 e. The van der Waals surface area contributed by atoms with Crippen molar-refractivity contribution in [3.8, 4) is 0 Å². The van der Waals surface area contributed by atoms with E-state index in [9.17, 15) is 26.3 Å². The molecule has 2 atom stereocenters. The van der Waals surface area contributed by atoms with Crippen LogP contribution < -0.4 is 5.32 Å². The highest BCUT2D eigenvalue weighted by Gasteiger charge is 2.58. The lowest BCUT2D eigenvalue weighted by atomic mass is 10.2. The van der Waals surface area contributed by atoms with Gasteiger partial charge in [-0.1, -0.05) is 0 Å². The van der Waals surface area contributed by atoms with Crippen molar-refractivity contribution in [3.63, 3.8) is 0 Å². The third kappa shape index (κ3) is 5.30. The Bertz CT molecular complexity index is 328. The molecular formula is C12H17F6NO2. The number of halogens is 6. The minimum Gasteiger partial charge on any atom is -0.371 e. The molecule has 0 aromatic heterocycles. The molecule has 0 aromatic rings. The minimum atomic E-state index is -5.47. The maximum atomic E-state index is 12.3. The van der Waals surface area contributed by atoms with Gasteiger partial charge in [-0.15, -0.1) is 0 Å². The molecule has 0 bridgehead atoms. The van der Waals surface area contributed by atoms with E-state index in [1.165, 1.54) is 0 Å². The van der Waals surface area contributed by atoms with E-state index < -0.39 is 31.2 Å². The summed E-state index contributed by atoms with van der Waals surface area (Å²) in [6.07, 6.45) is -12.4. The molecule has 1 aliphatic carbocycles. The topological polar surface area (TPSA) is 30.5 Å². The van der Waals surface area contributed by atoms with Gasteiger partial charge in [-0.2, -0.15) is 26.3 Å². The van der Waals surface area contributed by atoms with Crippen LogP contribution in [0, 0.1) is 0 Å². The SMILES string of the molecule is FC(F)(F)C(OCC1CCC(CNC2CC2)O1)C(F)(F)F. The molecule has 2 aliphatic rings. The number of hydrogen-bond acceptors (Lipinski definition) is 3. The van der Waals surface area contributed by atoms with Crippen LogP contribution in [0.5, 0.6) is 0 Å². The first-order chi connectivity index (χ1) is 9.66. The second kappa shape index (κ2) is 6.29. The molecule has 0 aromatic carbocycles. The second-order valence-electron chi connectivity index (χ2n) is 5.44. The van der Waals surface area contributed by atoms with Gasteiger partial charge in [0.2, 0.25) is 6.10 Å². The molecule has 2 unspecified atom stereocenters.